The highest BCUT2D eigenvalue weighted by atomic mass is 35.5. The average molecular weight is 261 g/mol. The van der Waals surface area contributed by atoms with E-state index in [1.54, 1.807) is 12.1 Å². The van der Waals surface area contributed by atoms with Gasteiger partial charge in [-0.05, 0) is 37.6 Å². The third kappa shape index (κ3) is 3.22. The van der Waals surface area contributed by atoms with Crippen LogP contribution in [0.5, 0.6) is 11.5 Å². The molecule has 0 unspecified atom stereocenters. The minimum Gasteiger partial charge on any atom is -1.00 e. The fourth-order valence-electron chi connectivity index (χ4n) is 1.53. The molecule has 18 heavy (non-hydrogen) atoms. The molecule has 0 bridgehead atoms. The molecule has 4 heteroatoms. The molecule has 0 saturated carbocycles. The lowest BCUT2D eigenvalue weighted by Gasteiger charge is -2.03. The summed E-state index contributed by atoms with van der Waals surface area (Å²) in [6, 6.07) is 13.2. The van der Waals surface area contributed by atoms with Crippen molar-refractivity contribution >= 4 is 5.69 Å². The molecular formula is C14H13ClN2O. The Bertz CT molecular complexity index is 573. The summed E-state index contributed by atoms with van der Waals surface area (Å²) < 4.78 is 5.66. The number of nitrogens with zero attached hydrogens (tertiary/aromatic N) is 2. The topological polar surface area (TPSA) is 37.4 Å². The third-order valence-electron chi connectivity index (χ3n) is 2.47. The van der Waals surface area contributed by atoms with Gasteiger partial charge in [0.1, 0.15) is 5.75 Å². The summed E-state index contributed by atoms with van der Waals surface area (Å²) in [5, 5.41) is 8.91. The Hall–Kier alpha value is -2.05. The van der Waals surface area contributed by atoms with Crippen molar-refractivity contribution in [3.05, 3.63) is 58.6 Å². The second kappa shape index (κ2) is 6.04. The van der Waals surface area contributed by atoms with Gasteiger partial charge in [0.15, 0.2) is 4.98 Å². The smallest absolute Gasteiger partial charge is 0.427 e. The van der Waals surface area contributed by atoms with Crippen LogP contribution in [0.2, 0.25) is 0 Å². The van der Waals surface area contributed by atoms with Crippen LogP contribution in [0.1, 0.15) is 11.1 Å². The van der Waals surface area contributed by atoms with Crippen LogP contribution in [-0.2, 0) is 0 Å². The van der Waals surface area contributed by atoms with E-state index >= 15 is 0 Å². The molecule has 0 fully saturated rings. The third-order valence-corrected chi connectivity index (χ3v) is 2.47. The molecule has 0 atom stereocenters. The average Bonchev–Trinajstić information content (AvgIpc) is 2.34. The van der Waals surface area contributed by atoms with Crippen molar-refractivity contribution in [1.29, 1.82) is 5.39 Å². The van der Waals surface area contributed by atoms with Crippen LogP contribution in [-0.4, -0.2) is 0 Å². The van der Waals surface area contributed by atoms with Crippen LogP contribution < -0.4 is 17.1 Å². The van der Waals surface area contributed by atoms with Gasteiger partial charge in [0.05, 0.1) is 0 Å². The van der Waals surface area contributed by atoms with Crippen LogP contribution in [0.25, 0.3) is 4.98 Å². The zero-order valence-electron chi connectivity index (χ0n) is 10.2. The number of rotatable bonds is 2. The van der Waals surface area contributed by atoms with Gasteiger partial charge in [-0.15, -0.1) is 0 Å². The molecule has 0 amide bonds. The van der Waals surface area contributed by atoms with E-state index in [0.29, 0.717) is 11.4 Å². The Kier molecular flexibility index (Phi) is 4.70. The molecule has 3 nitrogen and oxygen atoms in total. The van der Waals surface area contributed by atoms with E-state index in [9.17, 15) is 0 Å². The second-order valence-corrected chi connectivity index (χ2v) is 3.99. The maximum Gasteiger partial charge on any atom is 0.427 e. The first-order valence-electron chi connectivity index (χ1n) is 5.39. The summed E-state index contributed by atoms with van der Waals surface area (Å²) >= 11 is 0. The van der Waals surface area contributed by atoms with Crippen LogP contribution in [0.15, 0.2) is 42.5 Å². The standard InChI is InChI=1S/C14H13N2O.ClH/c1-10-3-6-12(7-4-10)17-14-8-5-11(2)9-13(14)16-15;/h3-9H,1-2H3;1H/q+1;/p-1. The summed E-state index contributed by atoms with van der Waals surface area (Å²) in [5.74, 6) is 1.27. The van der Waals surface area contributed by atoms with E-state index in [2.05, 4.69) is 4.98 Å². The lowest BCUT2D eigenvalue weighted by atomic mass is 10.2. The summed E-state index contributed by atoms with van der Waals surface area (Å²) in [6.45, 7) is 3.95. The molecule has 0 radical (unpaired) electrons. The van der Waals surface area contributed by atoms with E-state index in [4.69, 9.17) is 10.1 Å². The van der Waals surface area contributed by atoms with E-state index in [0.717, 1.165) is 11.3 Å². The molecule has 0 heterocycles. The molecule has 0 aliphatic heterocycles. The monoisotopic (exact) mass is 260 g/mol. The first kappa shape index (κ1) is 14.0. The molecular weight excluding hydrogens is 248 g/mol. The van der Waals surface area contributed by atoms with Gasteiger partial charge in [-0.2, -0.15) is 0 Å². The molecule has 0 N–H and O–H groups in total. The predicted octanol–water partition coefficient (Wildman–Crippen LogP) is 1.58. The Morgan fingerprint density at radius 2 is 1.56 bits per heavy atom. The first-order valence-corrected chi connectivity index (χ1v) is 5.39. The maximum atomic E-state index is 8.91. The van der Waals surface area contributed by atoms with Crippen molar-refractivity contribution in [1.82, 2.24) is 0 Å². The zero-order chi connectivity index (χ0) is 12.3. The van der Waals surface area contributed by atoms with Crippen LogP contribution >= 0.6 is 0 Å². The van der Waals surface area contributed by atoms with Crippen molar-refractivity contribution in [2.24, 2.45) is 0 Å². The van der Waals surface area contributed by atoms with Gasteiger partial charge in [-0.25, -0.2) is 0 Å². The zero-order valence-corrected chi connectivity index (χ0v) is 11.0. The number of benzene rings is 2. The van der Waals surface area contributed by atoms with E-state index < -0.39 is 0 Å². The number of halogens is 1. The molecule has 0 saturated heterocycles. The molecule has 0 spiro atoms. The molecule has 0 aromatic heterocycles. The fourth-order valence-corrected chi connectivity index (χ4v) is 1.53. The lowest BCUT2D eigenvalue weighted by Crippen LogP contribution is -3.00. The van der Waals surface area contributed by atoms with Crippen molar-refractivity contribution in [2.45, 2.75) is 13.8 Å². The summed E-state index contributed by atoms with van der Waals surface area (Å²) in [4.78, 5) is 3.22. The SMILES string of the molecule is Cc1ccc(Oc2ccc(C)cc2[N+]#N)cc1.[Cl-]. The van der Waals surface area contributed by atoms with Crippen molar-refractivity contribution in [3.63, 3.8) is 0 Å². The molecule has 2 rings (SSSR count). The quantitative estimate of drug-likeness (QED) is 0.769. The van der Waals surface area contributed by atoms with Crippen LogP contribution in [0, 0.1) is 19.2 Å². The molecule has 2 aromatic rings. The van der Waals surface area contributed by atoms with Gasteiger partial charge in [-0.3, -0.25) is 0 Å². The Morgan fingerprint density at radius 1 is 0.944 bits per heavy atom. The minimum atomic E-state index is 0. The highest BCUT2D eigenvalue weighted by Crippen LogP contribution is 2.32. The largest absolute Gasteiger partial charge is 1.00 e. The number of hydrogen-bond acceptors (Lipinski definition) is 2. The van der Waals surface area contributed by atoms with Crippen molar-refractivity contribution in [2.75, 3.05) is 0 Å². The number of ether oxygens (including phenoxy) is 1. The number of hydrogen-bond donors (Lipinski definition) is 0. The van der Waals surface area contributed by atoms with Gasteiger partial charge in [0.25, 0.3) is 0 Å². The van der Waals surface area contributed by atoms with E-state index in [1.807, 2.05) is 44.2 Å². The molecule has 2 aromatic carbocycles. The highest BCUT2D eigenvalue weighted by Gasteiger charge is 2.15. The maximum absolute atomic E-state index is 8.91. The fraction of sp³-hybridized carbons (Fsp3) is 0.143. The number of aryl methyl sites for hydroxylation is 2. The van der Waals surface area contributed by atoms with Crippen molar-refractivity contribution < 1.29 is 17.1 Å². The van der Waals surface area contributed by atoms with E-state index in [-0.39, 0.29) is 12.4 Å². The van der Waals surface area contributed by atoms with E-state index in [1.165, 1.54) is 5.56 Å². The summed E-state index contributed by atoms with van der Waals surface area (Å²) in [6.07, 6.45) is 0. The van der Waals surface area contributed by atoms with Gasteiger partial charge >= 0.3 is 5.69 Å². The Balaban J connectivity index is 0.00000162. The van der Waals surface area contributed by atoms with Gasteiger partial charge in [0.2, 0.25) is 11.1 Å². The normalized spacial score (nSPS) is 9.17. The number of diazo groups is 1. The van der Waals surface area contributed by atoms with Crippen LogP contribution in [0.3, 0.4) is 0 Å². The molecule has 92 valence electrons. The summed E-state index contributed by atoms with van der Waals surface area (Å²) in [5.41, 5.74) is 2.63. The Morgan fingerprint density at radius 3 is 2.17 bits per heavy atom. The van der Waals surface area contributed by atoms with Crippen LogP contribution in [0.4, 0.5) is 5.69 Å². The highest BCUT2D eigenvalue weighted by molar-refractivity contribution is 5.59. The predicted molar refractivity (Wildman–Crippen MR) is 67.2 cm³/mol. The summed E-state index contributed by atoms with van der Waals surface area (Å²) in [7, 11) is 0. The molecule has 0 aliphatic rings. The second-order valence-electron chi connectivity index (χ2n) is 3.99. The first-order chi connectivity index (χ1) is 8.19. The minimum absolute atomic E-state index is 0. The molecule has 0 aliphatic carbocycles. The van der Waals surface area contributed by atoms with Gasteiger partial charge in [0, 0.05) is 6.07 Å². The van der Waals surface area contributed by atoms with Gasteiger partial charge in [-0.1, -0.05) is 23.8 Å². The Labute approximate surface area is 112 Å². The lowest BCUT2D eigenvalue weighted by molar-refractivity contribution is -0.00000426. The van der Waals surface area contributed by atoms with Gasteiger partial charge < -0.3 is 17.1 Å². The van der Waals surface area contributed by atoms with Crippen molar-refractivity contribution in [3.8, 4) is 11.5 Å².